The lowest BCUT2D eigenvalue weighted by Gasteiger charge is -2.26. The fourth-order valence-corrected chi connectivity index (χ4v) is 2.82. The van der Waals surface area contributed by atoms with Gasteiger partial charge in [-0.3, -0.25) is 4.99 Å². The van der Waals surface area contributed by atoms with Gasteiger partial charge in [0, 0.05) is 26.7 Å². The van der Waals surface area contributed by atoms with Crippen LogP contribution < -0.4 is 10.6 Å². The smallest absolute Gasteiger partial charge is 0.191 e. The van der Waals surface area contributed by atoms with Gasteiger partial charge in [-0.2, -0.15) is 0 Å². The zero-order valence-corrected chi connectivity index (χ0v) is 15.6. The summed E-state index contributed by atoms with van der Waals surface area (Å²) in [4.78, 5) is 4.22. The van der Waals surface area contributed by atoms with Crippen LogP contribution in [0.4, 0.5) is 0 Å². The van der Waals surface area contributed by atoms with Crippen molar-refractivity contribution in [2.45, 2.75) is 46.0 Å². The molecule has 120 valence electrons. The topological polar surface area (TPSA) is 45.6 Å². The van der Waals surface area contributed by atoms with Crippen LogP contribution in [0.25, 0.3) is 0 Å². The third-order valence-corrected chi connectivity index (χ3v) is 3.86. The van der Waals surface area contributed by atoms with Crippen LogP contribution in [0.2, 0.25) is 0 Å². The van der Waals surface area contributed by atoms with E-state index in [0.717, 1.165) is 44.1 Å². The normalized spacial score (nSPS) is 23.1. The van der Waals surface area contributed by atoms with E-state index in [0.29, 0.717) is 0 Å². The molecule has 2 atom stereocenters. The fourth-order valence-electron chi connectivity index (χ4n) is 2.82. The lowest BCUT2D eigenvalue weighted by atomic mass is 9.81. The molecule has 20 heavy (non-hydrogen) atoms. The van der Waals surface area contributed by atoms with Crippen LogP contribution in [-0.2, 0) is 4.74 Å². The number of aliphatic imine (C=N–C) groups is 1. The molecule has 2 N–H and O–H groups in total. The minimum absolute atomic E-state index is 0. The van der Waals surface area contributed by atoms with Gasteiger partial charge in [-0.1, -0.05) is 26.2 Å². The third-order valence-electron chi connectivity index (χ3n) is 3.86. The average Bonchev–Trinajstić information content (AvgIpc) is 2.41. The summed E-state index contributed by atoms with van der Waals surface area (Å²) in [6, 6.07) is 0. The summed E-state index contributed by atoms with van der Waals surface area (Å²) < 4.78 is 5.29. The van der Waals surface area contributed by atoms with Crippen molar-refractivity contribution >= 4 is 29.9 Å². The first kappa shape index (κ1) is 20.0. The molecule has 1 saturated carbocycles. The zero-order valence-electron chi connectivity index (χ0n) is 13.3. The molecule has 1 fully saturated rings. The van der Waals surface area contributed by atoms with Crippen molar-refractivity contribution in [2.75, 3.05) is 33.4 Å². The molecule has 0 bridgehead atoms. The van der Waals surface area contributed by atoms with Gasteiger partial charge in [-0.25, -0.2) is 0 Å². The molecule has 0 spiro atoms. The van der Waals surface area contributed by atoms with Gasteiger partial charge in [0.15, 0.2) is 5.96 Å². The van der Waals surface area contributed by atoms with E-state index in [1.807, 2.05) is 14.0 Å². The monoisotopic (exact) mass is 397 g/mol. The Hall–Kier alpha value is -0.0400. The number of halogens is 1. The van der Waals surface area contributed by atoms with E-state index in [2.05, 4.69) is 22.5 Å². The molecule has 5 heteroatoms. The first-order valence-electron chi connectivity index (χ1n) is 7.78. The summed E-state index contributed by atoms with van der Waals surface area (Å²) in [6.45, 7) is 7.73. The van der Waals surface area contributed by atoms with Crippen LogP contribution in [-0.4, -0.2) is 39.3 Å². The van der Waals surface area contributed by atoms with E-state index in [9.17, 15) is 0 Å². The second-order valence-corrected chi connectivity index (χ2v) is 5.55. The maximum Gasteiger partial charge on any atom is 0.191 e. The maximum absolute atomic E-state index is 5.29. The lowest BCUT2D eigenvalue weighted by molar-refractivity contribution is 0.152. The number of nitrogens with zero attached hydrogens (tertiary/aromatic N) is 1. The van der Waals surface area contributed by atoms with Gasteiger partial charge in [0.2, 0.25) is 0 Å². The lowest BCUT2D eigenvalue weighted by Crippen LogP contribution is -2.39. The summed E-state index contributed by atoms with van der Waals surface area (Å²) >= 11 is 0. The summed E-state index contributed by atoms with van der Waals surface area (Å²) in [5.41, 5.74) is 0. The molecular weight excluding hydrogens is 365 g/mol. The number of rotatable bonds is 7. The van der Waals surface area contributed by atoms with Crippen LogP contribution >= 0.6 is 24.0 Å². The zero-order chi connectivity index (χ0) is 13.9. The van der Waals surface area contributed by atoms with Gasteiger partial charge in [0.05, 0.1) is 6.61 Å². The highest BCUT2D eigenvalue weighted by atomic mass is 127. The largest absolute Gasteiger partial charge is 0.380 e. The molecule has 4 nitrogen and oxygen atoms in total. The molecule has 0 aliphatic heterocycles. The third kappa shape index (κ3) is 9.00. The van der Waals surface area contributed by atoms with Gasteiger partial charge in [0.25, 0.3) is 0 Å². The van der Waals surface area contributed by atoms with Crippen LogP contribution in [0.15, 0.2) is 4.99 Å². The van der Waals surface area contributed by atoms with Crippen molar-refractivity contribution in [3.05, 3.63) is 0 Å². The van der Waals surface area contributed by atoms with Crippen molar-refractivity contribution in [3.8, 4) is 0 Å². The molecule has 0 aromatic heterocycles. The molecule has 0 saturated heterocycles. The molecule has 2 unspecified atom stereocenters. The highest BCUT2D eigenvalue weighted by Gasteiger charge is 2.18. The van der Waals surface area contributed by atoms with E-state index >= 15 is 0 Å². The standard InChI is InChI=1S/C15H31N3O.HI/c1-4-19-11-10-18-15(16-3)17-9-8-14-7-5-6-13(2)12-14;/h13-14H,4-12H2,1-3H3,(H2,16,17,18);1H. The SMILES string of the molecule is CCOCCNC(=NC)NCCC1CCCC(C)C1.I. The second-order valence-electron chi connectivity index (χ2n) is 5.55. The summed E-state index contributed by atoms with van der Waals surface area (Å²) in [6.07, 6.45) is 6.90. The number of nitrogens with one attached hydrogen (secondary N) is 2. The fraction of sp³-hybridized carbons (Fsp3) is 0.933. The second kappa shape index (κ2) is 12.7. The van der Waals surface area contributed by atoms with E-state index in [-0.39, 0.29) is 24.0 Å². The first-order valence-corrected chi connectivity index (χ1v) is 7.78. The van der Waals surface area contributed by atoms with E-state index < -0.39 is 0 Å². The van der Waals surface area contributed by atoms with E-state index in [4.69, 9.17) is 4.74 Å². The maximum atomic E-state index is 5.29. The summed E-state index contributed by atoms with van der Waals surface area (Å²) in [7, 11) is 1.82. The van der Waals surface area contributed by atoms with Gasteiger partial charge in [0.1, 0.15) is 0 Å². The van der Waals surface area contributed by atoms with Crippen molar-refractivity contribution in [1.82, 2.24) is 10.6 Å². The molecule has 1 aliphatic rings. The van der Waals surface area contributed by atoms with Crippen molar-refractivity contribution in [3.63, 3.8) is 0 Å². The van der Waals surface area contributed by atoms with Crippen LogP contribution in [0.5, 0.6) is 0 Å². The summed E-state index contributed by atoms with van der Waals surface area (Å²) in [5, 5.41) is 6.66. The number of hydrogen-bond acceptors (Lipinski definition) is 2. The van der Waals surface area contributed by atoms with Gasteiger partial charge in [-0.05, 0) is 31.6 Å². The van der Waals surface area contributed by atoms with Crippen molar-refractivity contribution < 1.29 is 4.74 Å². The predicted molar refractivity (Wildman–Crippen MR) is 97.0 cm³/mol. The van der Waals surface area contributed by atoms with Gasteiger partial charge < -0.3 is 15.4 Å². The molecular formula is C15H32IN3O. The highest BCUT2D eigenvalue weighted by molar-refractivity contribution is 14.0. The number of ether oxygens (including phenoxy) is 1. The van der Waals surface area contributed by atoms with Crippen LogP contribution in [0.3, 0.4) is 0 Å². The quantitative estimate of drug-likeness (QED) is 0.301. The van der Waals surface area contributed by atoms with Crippen molar-refractivity contribution in [2.24, 2.45) is 16.8 Å². The predicted octanol–water partition coefficient (Wildman–Crippen LogP) is 3.02. The molecule has 0 aromatic rings. The Morgan fingerprint density at radius 3 is 2.65 bits per heavy atom. The van der Waals surface area contributed by atoms with Gasteiger partial charge in [-0.15, -0.1) is 24.0 Å². The Morgan fingerprint density at radius 1 is 1.25 bits per heavy atom. The highest BCUT2D eigenvalue weighted by Crippen LogP contribution is 2.30. The van der Waals surface area contributed by atoms with Crippen molar-refractivity contribution in [1.29, 1.82) is 0 Å². The number of guanidine groups is 1. The molecule has 0 amide bonds. The van der Waals surface area contributed by atoms with E-state index in [1.165, 1.54) is 32.1 Å². The molecule has 1 rings (SSSR count). The summed E-state index contributed by atoms with van der Waals surface area (Å²) in [5.74, 6) is 2.71. The minimum atomic E-state index is 0. The Balaban J connectivity index is 0.00000361. The Bertz CT molecular complexity index is 262. The Kier molecular flexibility index (Phi) is 12.7. The Morgan fingerprint density at radius 2 is 2.00 bits per heavy atom. The number of hydrogen-bond donors (Lipinski definition) is 2. The minimum Gasteiger partial charge on any atom is -0.380 e. The molecule has 0 aromatic carbocycles. The first-order chi connectivity index (χ1) is 9.26. The van der Waals surface area contributed by atoms with E-state index in [1.54, 1.807) is 0 Å². The molecule has 0 heterocycles. The van der Waals surface area contributed by atoms with Gasteiger partial charge >= 0.3 is 0 Å². The molecule has 1 aliphatic carbocycles. The van der Waals surface area contributed by atoms with Crippen LogP contribution in [0.1, 0.15) is 46.0 Å². The molecule has 0 radical (unpaired) electrons. The van der Waals surface area contributed by atoms with Crippen LogP contribution in [0, 0.1) is 11.8 Å². The Labute approximate surface area is 141 Å². The average molecular weight is 397 g/mol.